The summed E-state index contributed by atoms with van der Waals surface area (Å²) in [6.45, 7) is 2.08. The zero-order valence-electron chi connectivity index (χ0n) is 9.97. The van der Waals surface area contributed by atoms with Crippen molar-refractivity contribution >= 4 is 16.9 Å². The van der Waals surface area contributed by atoms with Gasteiger partial charge in [0.25, 0.3) is 0 Å². The number of aryl methyl sites for hydroxylation is 1. The Morgan fingerprint density at radius 2 is 2.12 bits per heavy atom. The van der Waals surface area contributed by atoms with Gasteiger partial charge in [-0.1, -0.05) is 18.2 Å². The van der Waals surface area contributed by atoms with E-state index in [1.807, 2.05) is 19.2 Å². The number of nitrogens with zero attached hydrogens (tertiary/aromatic N) is 1. The number of benzene rings is 1. The van der Waals surface area contributed by atoms with Crippen molar-refractivity contribution < 1.29 is 9.90 Å². The fraction of sp³-hybridized carbons (Fsp3) is 0.357. The summed E-state index contributed by atoms with van der Waals surface area (Å²) in [5, 5.41) is 10.3. The van der Waals surface area contributed by atoms with Gasteiger partial charge in [0.2, 0.25) is 0 Å². The Hall–Kier alpha value is -1.77. The summed E-state index contributed by atoms with van der Waals surface area (Å²) >= 11 is 0. The van der Waals surface area contributed by atoms with E-state index in [9.17, 15) is 4.79 Å². The van der Waals surface area contributed by atoms with Crippen molar-refractivity contribution in [1.29, 1.82) is 0 Å². The monoisotopic (exact) mass is 229 g/mol. The van der Waals surface area contributed by atoms with E-state index in [1.165, 1.54) is 22.2 Å². The molecule has 2 atom stereocenters. The zero-order valence-corrected chi connectivity index (χ0v) is 9.97. The molecule has 1 aromatic carbocycles. The highest BCUT2D eigenvalue weighted by Gasteiger charge is 2.46. The van der Waals surface area contributed by atoms with E-state index < -0.39 is 5.97 Å². The summed E-state index contributed by atoms with van der Waals surface area (Å²) in [5.41, 5.74) is 3.62. The number of hydrogen-bond donors (Lipinski definition) is 1. The van der Waals surface area contributed by atoms with Crippen LogP contribution in [0.15, 0.2) is 24.3 Å². The van der Waals surface area contributed by atoms with E-state index in [0.717, 1.165) is 6.42 Å². The van der Waals surface area contributed by atoms with Crippen LogP contribution in [0.1, 0.15) is 23.6 Å². The molecule has 0 amide bonds. The Morgan fingerprint density at radius 3 is 2.76 bits per heavy atom. The first-order valence-corrected chi connectivity index (χ1v) is 5.88. The first-order chi connectivity index (χ1) is 8.11. The third-order valence-electron chi connectivity index (χ3n) is 3.93. The number of hydrogen-bond acceptors (Lipinski definition) is 1. The summed E-state index contributed by atoms with van der Waals surface area (Å²) in [7, 11) is 2.04. The molecule has 0 radical (unpaired) electrons. The Kier molecular flexibility index (Phi) is 2.05. The molecule has 17 heavy (non-hydrogen) atoms. The highest BCUT2D eigenvalue weighted by molar-refractivity contribution is 5.88. The lowest BCUT2D eigenvalue weighted by Gasteiger charge is -2.00. The van der Waals surface area contributed by atoms with Gasteiger partial charge >= 0.3 is 5.97 Å². The molecule has 1 aliphatic rings. The van der Waals surface area contributed by atoms with Crippen LogP contribution >= 0.6 is 0 Å². The standard InChI is InChI=1S/C14H15NO2/c1-8-13(10-7-11(10)14(16)17)9-5-3-4-6-12(9)15(8)2/h3-6,10-11H,7H2,1-2H3,(H,16,17)/t10-,11-/m1/s1. The largest absolute Gasteiger partial charge is 0.481 e. The van der Waals surface area contributed by atoms with E-state index in [4.69, 9.17) is 5.11 Å². The van der Waals surface area contributed by atoms with Crippen molar-refractivity contribution in [2.75, 3.05) is 0 Å². The lowest BCUT2D eigenvalue weighted by atomic mass is 10.1. The first kappa shape index (κ1) is 10.4. The van der Waals surface area contributed by atoms with Crippen molar-refractivity contribution in [2.24, 2.45) is 13.0 Å². The average molecular weight is 229 g/mol. The van der Waals surface area contributed by atoms with Crippen LogP contribution in [0.25, 0.3) is 10.9 Å². The van der Waals surface area contributed by atoms with Crippen molar-refractivity contribution in [3.05, 3.63) is 35.5 Å². The Balaban J connectivity index is 2.17. The fourth-order valence-electron chi connectivity index (χ4n) is 2.81. The van der Waals surface area contributed by atoms with Crippen LogP contribution in [0.2, 0.25) is 0 Å². The van der Waals surface area contributed by atoms with Gasteiger partial charge in [0, 0.05) is 29.6 Å². The van der Waals surface area contributed by atoms with Gasteiger partial charge in [-0.05, 0) is 25.0 Å². The molecule has 3 heteroatoms. The minimum atomic E-state index is -0.665. The maximum absolute atomic E-state index is 11.0. The zero-order chi connectivity index (χ0) is 12.2. The second-order valence-electron chi connectivity index (χ2n) is 4.86. The molecule has 1 aromatic heterocycles. The minimum absolute atomic E-state index is 0.181. The van der Waals surface area contributed by atoms with Crippen LogP contribution in [-0.4, -0.2) is 15.6 Å². The number of fused-ring (bicyclic) bond motifs is 1. The number of rotatable bonds is 2. The van der Waals surface area contributed by atoms with Crippen molar-refractivity contribution in [3.63, 3.8) is 0 Å². The molecule has 2 aromatic rings. The van der Waals surface area contributed by atoms with Crippen molar-refractivity contribution in [1.82, 2.24) is 4.57 Å². The number of para-hydroxylation sites is 1. The number of carboxylic acids is 1. The highest BCUT2D eigenvalue weighted by atomic mass is 16.4. The second-order valence-corrected chi connectivity index (χ2v) is 4.86. The minimum Gasteiger partial charge on any atom is -0.481 e. The molecule has 1 fully saturated rings. The molecule has 3 nitrogen and oxygen atoms in total. The quantitative estimate of drug-likeness (QED) is 0.860. The third-order valence-corrected chi connectivity index (χ3v) is 3.93. The molecular weight excluding hydrogens is 214 g/mol. The SMILES string of the molecule is Cc1c([C@@H]2C[C@H]2C(=O)O)c2ccccc2n1C. The Labute approximate surface area is 99.7 Å². The molecule has 3 rings (SSSR count). The molecule has 1 heterocycles. The molecule has 1 aliphatic carbocycles. The molecule has 0 aliphatic heterocycles. The second kappa shape index (κ2) is 3.36. The average Bonchev–Trinajstić information content (AvgIpc) is 3.05. The van der Waals surface area contributed by atoms with Crippen molar-refractivity contribution in [3.8, 4) is 0 Å². The smallest absolute Gasteiger partial charge is 0.307 e. The molecule has 0 spiro atoms. The van der Waals surface area contributed by atoms with Crippen LogP contribution in [0.3, 0.4) is 0 Å². The summed E-state index contributed by atoms with van der Waals surface area (Å²) < 4.78 is 2.15. The molecule has 1 N–H and O–H groups in total. The van der Waals surface area contributed by atoms with Crippen LogP contribution in [0, 0.1) is 12.8 Å². The summed E-state index contributed by atoms with van der Waals surface area (Å²) in [5.74, 6) is -0.638. The van der Waals surface area contributed by atoms with E-state index in [1.54, 1.807) is 0 Å². The summed E-state index contributed by atoms with van der Waals surface area (Å²) in [6.07, 6.45) is 0.782. The van der Waals surface area contributed by atoms with Crippen LogP contribution in [0.5, 0.6) is 0 Å². The summed E-state index contributed by atoms with van der Waals surface area (Å²) in [6, 6.07) is 8.22. The number of aromatic nitrogens is 1. The molecule has 0 saturated heterocycles. The van der Waals surface area contributed by atoms with Crippen molar-refractivity contribution in [2.45, 2.75) is 19.3 Å². The first-order valence-electron chi connectivity index (χ1n) is 5.88. The van der Waals surface area contributed by atoms with E-state index >= 15 is 0 Å². The topological polar surface area (TPSA) is 42.2 Å². The molecule has 1 saturated carbocycles. The Morgan fingerprint density at radius 1 is 1.41 bits per heavy atom. The van der Waals surface area contributed by atoms with E-state index in [2.05, 4.69) is 23.6 Å². The number of carboxylic acid groups (broad SMARTS) is 1. The lowest BCUT2D eigenvalue weighted by Crippen LogP contribution is -2.00. The Bertz CT molecular complexity index is 612. The fourth-order valence-corrected chi connectivity index (χ4v) is 2.81. The molecule has 0 unspecified atom stereocenters. The number of aliphatic carboxylic acids is 1. The van der Waals surface area contributed by atoms with Gasteiger partial charge in [0.1, 0.15) is 0 Å². The van der Waals surface area contributed by atoms with Crippen LogP contribution in [-0.2, 0) is 11.8 Å². The maximum Gasteiger partial charge on any atom is 0.307 e. The molecular formula is C14H15NO2. The summed E-state index contributed by atoms with van der Waals surface area (Å²) in [4.78, 5) is 11.0. The number of carbonyl (C=O) groups is 1. The van der Waals surface area contributed by atoms with Crippen LogP contribution in [0.4, 0.5) is 0 Å². The third kappa shape index (κ3) is 1.38. The predicted octanol–water partition coefficient (Wildman–Crippen LogP) is 2.67. The van der Waals surface area contributed by atoms with Crippen LogP contribution < -0.4 is 0 Å². The molecule has 0 bridgehead atoms. The maximum atomic E-state index is 11.0. The van der Waals surface area contributed by atoms with Gasteiger partial charge in [0.15, 0.2) is 0 Å². The van der Waals surface area contributed by atoms with Gasteiger partial charge in [-0.3, -0.25) is 4.79 Å². The lowest BCUT2D eigenvalue weighted by molar-refractivity contribution is -0.138. The van der Waals surface area contributed by atoms with Gasteiger partial charge in [-0.15, -0.1) is 0 Å². The normalized spacial score (nSPS) is 22.9. The van der Waals surface area contributed by atoms with Gasteiger partial charge in [0.05, 0.1) is 5.92 Å². The van der Waals surface area contributed by atoms with Gasteiger partial charge < -0.3 is 9.67 Å². The van der Waals surface area contributed by atoms with Gasteiger partial charge in [-0.25, -0.2) is 0 Å². The molecule has 88 valence electrons. The highest BCUT2D eigenvalue weighted by Crippen LogP contribution is 2.51. The van der Waals surface area contributed by atoms with Gasteiger partial charge in [-0.2, -0.15) is 0 Å². The van der Waals surface area contributed by atoms with E-state index in [0.29, 0.717) is 0 Å². The predicted molar refractivity (Wildman–Crippen MR) is 66.1 cm³/mol. The van der Waals surface area contributed by atoms with E-state index in [-0.39, 0.29) is 11.8 Å².